The second-order valence-electron chi connectivity index (χ2n) is 14.5. The molecule has 11 aromatic rings. The monoisotopic (exact) mass is 675 g/mol. The van der Waals surface area contributed by atoms with Gasteiger partial charge in [-0.25, -0.2) is 4.99 Å². The van der Waals surface area contributed by atoms with Gasteiger partial charge in [-0.1, -0.05) is 127 Å². The van der Waals surface area contributed by atoms with E-state index < -0.39 is 0 Å². The average Bonchev–Trinajstić information content (AvgIpc) is 3.94. The van der Waals surface area contributed by atoms with Crippen LogP contribution in [0.1, 0.15) is 0 Å². The fraction of sp³-hybridized carbons (Fsp3) is 0.0417. The van der Waals surface area contributed by atoms with Crippen LogP contribution >= 0.6 is 0 Å². The van der Waals surface area contributed by atoms with Crippen LogP contribution in [0.5, 0.6) is 0 Å². The van der Waals surface area contributed by atoms with E-state index in [1.165, 1.54) is 75.9 Å². The highest BCUT2D eigenvalue weighted by Crippen LogP contribution is 2.47. The van der Waals surface area contributed by atoms with Crippen molar-refractivity contribution >= 4 is 104 Å². The summed E-state index contributed by atoms with van der Waals surface area (Å²) in [6.07, 6.45) is 8.82. The summed E-state index contributed by atoms with van der Waals surface area (Å²) in [4.78, 5) is 11.1. The van der Waals surface area contributed by atoms with Gasteiger partial charge < -0.3 is 4.40 Å². The smallest absolute Gasteiger partial charge is 0.232 e. The van der Waals surface area contributed by atoms with E-state index in [-0.39, 0.29) is 12.0 Å². The topological polar surface area (TPSA) is 39.0 Å². The van der Waals surface area contributed by atoms with Crippen molar-refractivity contribution in [3.63, 3.8) is 0 Å². The molecule has 0 fully saturated rings. The van der Waals surface area contributed by atoms with E-state index in [1.54, 1.807) is 0 Å². The lowest BCUT2D eigenvalue weighted by Gasteiger charge is -2.29. The molecule has 0 radical (unpaired) electrons. The first-order chi connectivity index (χ1) is 26.3. The van der Waals surface area contributed by atoms with Crippen molar-refractivity contribution < 1.29 is 0 Å². The van der Waals surface area contributed by atoms with Gasteiger partial charge in [0.1, 0.15) is 5.84 Å². The zero-order valence-corrected chi connectivity index (χ0v) is 28.5. The molecule has 246 valence electrons. The van der Waals surface area contributed by atoms with Gasteiger partial charge >= 0.3 is 0 Å². The van der Waals surface area contributed by atoms with Crippen LogP contribution in [0.4, 0.5) is 0 Å². The molecule has 1 aliphatic heterocycles. The molecule has 0 N–H and O–H groups in total. The Morgan fingerprint density at radius 3 is 1.79 bits per heavy atom. The Labute approximate surface area is 302 Å². The summed E-state index contributed by atoms with van der Waals surface area (Å²) in [5.41, 5.74) is 8.29. The summed E-state index contributed by atoms with van der Waals surface area (Å²) in [6.45, 7) is 0. The molecule has 0 spiro atoms. The molecule has 0 amide bonds. The first-order valence-corrected chi connectivity index (χ1v) is 18.4. The Morgan fingerprint density at radius 2 is 1.04 bits per heavy atom. The Morgan fingerprint density at radius 1 is 0.434 bits per heavy atom. The van der Waals surface area contributed by atoms with E-state index in [1.807, 2.05) is 0 Å². The van der Waals surface area contributed by atoms with E-state index in [4.69, 9.17) is 9.98 Å². The fourth-order valence-corrected chi connectivity index (χ4v) is 9.75. The maximum atomic E-state index is 5.70. The van der Waals surface area contributed by atoms with Crippen LogP contribution in [-0.4, -0.2) is 31.4 Å². The molecular weight excluding hydrogens is 647 g/mol. The summed E-state index contributed by atoms with van der Waals surface area (Å²) in [6, 6.07) is 50.8. The lowest BCUT2D eigenvalue weighted by molar-refractivity contribution is 0.687. The zero-order chi connectivity index (χ0) is 34.4. The van der Waals surface area contributed by atoms with E-state index in [0.717, 1.165) is 22.4 Å². The first kappa shape index (κ1) is 27.7. The summed E-state index contributed by atoms with van der Waals surface area (Å²) in [5, 5.41) is 12.5. The highest BCUT2D eigenvalue weighted by Gasteiger charge is 2.34. The number of hydrogen-bond acceptors (Lipinski definition) is 2. The summed E-state index contributed by atoms with van der Waals surface area (Å²) in [7, 11) is 0. The Balaban J connectivity index is 1.25. The third-order valence-electron chi connectivity index (χ3n) is 11.9. The van der Waals surface area contributed by atoms with Gasteiger partial charge in [0.2, 0.25) is 5.96 Å². The molecule has 1 aliphatic carbocycles. The van der Waals surface area contributed by atoms with E-state index in [2.05, 4.69) is 177 Å². The number of fused-ring (bicyclic) bond motifs is 16. The number of hydrogen-bond donors (Lipinski definition) is 0. The average molecular weight is 676 g/mol. The first-order valence-electron chi connectivity index (χ1n) is 18.4. The van der Waals surface area contributed by atoms with Gasteiger partial charge in [0.25, 0.3) is 0 Å². The van der Waals surface area contributed by atoms with Crippen molar-refractivity contribution in [2.45, 2.75) is 6.04 Å². The van der Waals surface area contributed by atoms with Crippen LogP contribution in [0.25, 0.3) is 92.5 Å². The van der Waals surface area contributed by atoms with Crippen molar-refractivity contribution in [2.24, 2.45) is 15.9 Å². The molecule has 7 aromatic carbocycles. The molecular formula is C48H29N5. The highest BCUT2D eigenvalue weighted by atomic mass is 15.2. The highest BCUT2D eigenvalue weighted by molar-refractivity contribution is 6.37. The number of nitrogens with zero attached hydrogens (tertiary/aromatic N) is 5. The number of allylic oxidation sites excluding steroid dienone is 2. The molecule has 0 saturated heterocycles. The van der Waals surface area contributed by atoms with Gasteiger partial charge in [-0.05, 0) is 47.2 Å². The maximum Gasteiger partial charge on any atom is 0.232 e. The number of benzene rings is 7. The molecule has 2 unspecified atom stereocenters. The molecule has 0 bridgehead atoms. The normalized spacial score (nSPS) is 17.5. The molecule has 2 atom stereocenters. The maximum absolute atomic E-state index is 5.70. The van der Waals surface area contributed by atoms with E-state index >= 15 is 0 Å². The van der Waals surface area contributed by atoms with Gasteiger partial charge in [-0.15, -0.1) is 0 Å². The molecule has 2 aliphatic rings. The van der Waals surface area contributed by atoms with Crippen LogP contribution in [0.3, 0.4) is 0 Å². The van der Waals surface area contributed by atoms with Crippen molar-refractivity contribution in [2.75, 3.05) is 0 Å². The predicted molar refractivity (Wildman–Crippen MR) is 222 cm³/mol. The molecule has 13 rings (SSSR count). The van der Waals surface area contributed by atoms with Crippen LogP contribution in [-0.2, 0) is 0 Å². The number of aliphatic imine (C=N–C) groups is 2. The van der Waals surface area contributed by atoms with Crippen LogP contribution in [0.15, 0.2) is 174 Å². The Hall–Kier alpha value is -6.98. The molecule has 5 nitrogen and oxygen atoms in total. The van der Waals surface area contributed by atoms with Gasteiger partial charge in [-0.2, -0.15) is 4.99 Å². The van der Waals surface area contributed by atoms with Gasteiger partial charge in [0, 0.05) is 43.1 Å². The SMILES string of the molecule is C1=CC2N=C(n3c4ccccc4c4ccccc43)N=C(n3c4ccc5ccccc5c4c4cc5c6ccccc6n6c7ccccc7c(c43)c56)C2C=C1. The van der Waals surface area contributed by atoms with E-state index in [0.29, 0.717) is 5.96 Å². The number of rotatable bonds is 0. The Bertz CT molecular complexity index is 3470. The minimum atomic E-state index is -0.105. The van der Waals surface area contributed by atoms with Gasteiger partial charge in [0.05, 0.1) is 50.6 Å². The number of para-hydroxylation sites is 4. The minimum Gasteiger partial charge on any atom is -0.308 e. The summed E-state index contributed by atoms with van der Waals surface area (Å²) in [5.74, 6) is 1.65. The lowest BCUT2D eigenvalue weighted by Crippen LogP contribution is -2.36. The molecule has 53 heavy (non-hydrogen) atoms. The molecule has 5 heteroatoms. The van der Waals surface area contributed by atoms with Crippen LogP contribution < -0.4 is 0 Å². The summed E-state index contributed by atoms with van der Waals surface area (Å²) >= 11 is 0. The molecule has 0 saturated carbocycles. The quantitative estimate of drug-likeness (QED) is 0.153. The van der Waals surface area contributed by atoms with Crippen LogP contribution in [0, 0.1) is 5.92 Å². The lowest BCUT2D eigenvalue weighted by atomic mass is 9.93. The van der Waals surface area contributed by atoms with E-state index in [9.17, 15) is 0 Å². The van der Waals surface area contributed by atoms with Crippen molar-refractivity contribution in [1.29, 1.82) is 0 Å². The van der Waals surface area contributed by atoms with Crippen molar-refractivity contribution in [3.8, 4) is 0 Å². The molecule has 5 heterocycles. The van der Waals surface area contributed by atoms with Gasteiger partial charge in [0.15, 0.2) is 0 Å². The predicted octanol–water partition coefficient (Wildman–Crippen LogP) is 11.5. The van der Waals surface area contributed by atoms with Gasteiger partial charge in [-0.3, -0.25) is 9.13 Å². The minimum absolute atomic E-state index is 0.0486. The standard InChI is InChI=1S/C48H29N5/c1-2-14-29-28(13-1)25-26-42-43(29)36-27-35-32-17-6-9-21-38(32)51-41-24-12-7-19-34(41)44(45(35)51)46(36)53(42)47-33-18-3-8-20-37(33)49-48(50-47)52-39-22-10-4-15-30(39)31-16-5-11-23-40(31)52/h1-27,33,37H. The fourth-order valence-electron chi connectivity index (χ4n) is 9.75. The molecule has 4 aromatic heterocycles. The van der Waals surface area contributed by atoms with Crippen molar-refractivity contribution in [3.05, 3.63) is 164 Å². The third-order valence-corrected chi connectivity index (χ3v) is 11.9. The van der Waals surface area contributed by atoms with Crippen molar-refractivity contribution in [1.82, 2.24) is 13.5 Å². The largest absolute Gasteiger partial charge is 0.308 e. The second kappa shape index (κ2) is 9.87. The number of aromatic nitrogens is 3. The van der Waals surface area contributed by atoms with Crippen LogP contribution in [0.2, 0.25) is 0 Å². The Kier molecular flexibility index (Phi) is 5.16. The zero-order valence-electron chi connectivity index (χ0n) is 28.5. The summed E-state index contributed by atoms with van der Waals surface area (Å²) < 4.78 is 7.25. The third kappa shape index (κ3) is 3.42. The second-order valence-corrected chi connectivity index (χ2v) is 14.5.